The summed E-state index contributed by atoms with van der Waals surface area (Å²) in [5.74, 6) is 1.34. The molecule has 0 aromatic rings. The molecule has 0 saturated carbocycles. The Bertz CT molecular complexity index is 95.2. The van der Waals surface area contributed by atoms with E-state index in [0.29, 0.717) is 0 Å². The third kappa shape index (κ3) is 1.09. The monoisotopic (exact) mass is 144 g/mol. The molecule has 0 amide bonds. The molecule has 2 rings (SSSR count). The van der Waals surface area contributed by atoms with Gasteiger partial charge >= 0.3 is 0 Å². The molecule has 3 heteroatoms. The summed E-state index contributed by atoms with van der Waals surface area (Å²) in [4.78, 5) is 0. The summed E-state index contributed by atoms with van der Waals surface area (Å²) in [7, 11) is 0. The van der Waals surface area contributed by atoms with Crippen LogP contribution < -0.4 is 5.32 Å². The number of nitrogens with zero attached hydrogens (tertiary/aromatic N) is 1. The van der Waals surface area contributed by atoms with Gasteiger partial charge in [0, 0.05) is 31.4 Å². The van der Waals surface area contributed by atoms with Gasteiger partial charge in [-0.15, -0.1) is 0 Å². The van der Waals surface area contributed by atoms with Crippen LogP contribution in [0, 0.1) is 0 Å². The molecule has 9 heavy (non-hydrogen) atoms. The van der Waals surface area contributed by atoms with E-state index >= 15 is 0 Å². The van der Waals surface area contributed by atoms with Crippen LogP contribution in [0.4, 0.5) is 0 Å². The molecule has 0 unspecified atom stereocenters. The molecular weight excluding hydrogens is 132 g/mol. The fraction of sp³-hybridized carbons (Fsp3) is 1.00. The Balaban J connectivity index is 1.97. The summed E-state index contributed by atoms with van der Waals surface area (Å²) in [5, 5.41) is 3.40. The van der Waals surface area contributed by atoms with Gasteiger partial charge in [-0.25, -0.2) is 4.31 Å². The predicted molar refractivity (Wildman–Crippen MR) is 40.4 cm³/mol. The highest BCUT2D eigenvalue weighted by molar-refractivity contribution is 7.97. The fourth-order valence-electron chi connectivity index (χ4n) is 1.46. The third-order valence-electron chi connectivity index (χ3n) is 2.00. The Kier molecular flexibility index (Phi) is 1.66. The second kappa shape index (κ2) is 2.48. The first-order valence-electron chi connectivity index (χ1n) is 3.57. The van der Waals surface area contributed by atoms with Gasteiger partial charge in [0.1, 0.15) is 0 Å². The molecule has 52 valence electrons. The Labute approximate surface area is 60.1 Å². The first-order chi connectivity index (χ1) is 4.47. The van der Waals surface area contributed by atoms with Gasteiger partial charge in [0.15, 0.2) is 0 Å². The second-order valence-corrected chi connectivity index (χ2v) is 3.76. The Morgan fingerprint density at radius 3 is 3.44 bits per heavy atom. The zero-order valence-corrected chi connectivity index (χ0v) is 6.28. The molecule has 1 atom stereocenters. The molecular formula is C6H12N2S. The van der Waals surface area contributed by atoms with Crippen LogP contribution in [0.3, 0.4) is 0 Å². The minimum atomic E-state index is 0.851. The summed E-state index contributed by atoms with van der Waals surface area (Å²) in [5.41, 5.74) is 0. The van der Waals surface area contributed by atoms with E-state index in [1.807, 2.05) is 11.9 Å². The van der Waals surface area contributed by atoms with Crippen LogP contribution in [0.1, 0.15) is 6.42 Å². The lowest BCUT2D eigenvalue weighted by molar-refractivity contribution is 0.303. The second-order valence-electron chi connectivity index (χ2n) is 2.62. The SMILES string of the molecule is C1CN2SCC[C@H]2CN1. The molecule has 2 fully saturated rings. The number of hydrogen-bond donors (Lipinski definition) is 1. The Morgan fingerprint density at radius 2 is 2.56 bits per heavy atom. The van der Waals surface area contributed by atoms with Crippen molar-refractivity contribution >= 4 is 11.9 Å². The standard InChI is InChI=1S/C6H12N2S/c1-4-9-8-3-2-7-5-6(1)8/h6-7H,1-5H2/t6-/m0/s1. The van der Waals surface area contributed by atoms with Gasteiger partial charge in [0.05, 0.1) is 0 Å². The van der Waals surface area contributed by atoms with Gasteiger partial charge in [-0.05, 0) is 6.42 Å². The summed E-state index contributed by atoms with van der Waals surface area (Å²) in [6.07, 6.45) is 1.39. The molecule has 0 spiro atoms. The Morgan fingerprint density at radius 1 is 1.56 bits per heavy atom. The first-order valence-corrected chi connectivity index (χ1v) is 4.51. The van der Waals surface area contributed by atoms with Crippen molar-refractivity contribution in [3.05, 3.63) is 0 Å². The topological polar surface area (TPSA) is 15.3 Å². The molecule has 2 nitrogen and oxygen atoms in total. The lowest BCUT2D eigenvalue weighted by Crippen LogP contribution is -2.45. The van der Waals surface area contributed by atoms with Crippen molar-refractivity contribution in [1.29, 1.82) is 0 Å². The van der Waals surface area contributed by atoms with Crippen molar-refractivity contribution in [1.82, 2.24) is 9.62 Å². The fourth-order valence-corrected chi connectivity index (χ4v) is 2.69. The van der Waals surface area contributed by atoms with E-state index < -0.39 is 0 Å². The van der Waals surface area contributed by atoms with Gasteiger partial charge in [0.25, 0.3) is 0 Å². The molecule has 2 aliphatic heterocycles. The van der Waals surface area contributed by atoms with Crippen molar-refractivity contribution < 1.29 is 0 Å². The maximum absolute atomic E-state index is 3.40. The zero-order valence-electron chi connectivity index (χ0n) is 5.47. The van der Waals surface area contributed by atoms with E-state index in [9.17, 15) is 0 Å². The minimum absolute atomic E-state index is 0.851. The summed E-state index contributed by atoms with van der Waals surface area (Å²) in [6.45, 7) is 3.64. The van der Waals surface area contributed by atoms with Crippen molar-refractivity contribution in [2.45, 2.75) is 12.5 Å². The van der Waals surface area contributed by atoms with Crippen molar-refractivity contribution in [2.75, 3.05) is 25.4 Å². The van der Waals surface area contributed by atoms with Gasteiger partial charge < -0.3 is 5.32 Å². The third-order valence-corrected chi connectivity index (χ3v) is 3.24. The zero-order chi connectivity index (χ0) is 6.10. The highest BCUT2D eigenvalue weighted by atomic mass is 32.2. The number of rotatable bonds is 0. The molecule has 2 heterocycles. The van der Waals surface area contributed by atoms with Gasteiger partial charge in [-0.1, -0.05) is 11.9 Å². The predicted octanol–water partition coefficient (Wildman–Crippen LogP) is 0.312. The first kappa shape index (κ1) is 6.01. The van der Waals surface area contributed by atoms with E-state index in [-0.39, 0.29) is 0 Å². The molecule has 0 aliphatic carbocycles. The van der Waals surface area contributed by atoms with Crippen LogP contribution in [-0.2, 0) is 0 Å². The summed E-state index contributed by atoms with van der Waals surface area (Å²) < 4.78 is 2.52. The van der Waals surface area contributed by atoms with Crippen LogP contribution in [0.25, 0.3) is 0 Å². The molecule has 1 N–H and O–H groups in total. The maximum atomic E-state index is 3.40. The van der Waals surface area contributed by atoms with Gasteiger partial charge in [0.2, 0.25) is 0 Å². The van der Waals surface area contributed by atoms with E-state index in [1.54, 1.807) is 0 Å². The van der Waals surface area contributed by atoms with E-state index in [1.165, 1.54) is 31.8 Å². The largest absolute Gasteiger partial charge is 0.314 e. The highest BCUT2D eigenvalue weighted by Crippen LogP contribution is 2.26. The number of nitrogens with one attached hydrogen (secondary N) is 1. The van der Waals surface area contributed by atoms with E-state index in [4.69, 9.17) is 0 Å². The average molecular weight is 144 g/mol. The van der Waals surface area contributed by atoms with Crippen LogP contribution >= 0.6 is 11.9 Å². The molecule has 0 bridgehead atoms. The van der Waals surface area contributed by atoms with Crippen LogP contribution in [0.15, 0.2) is 0 Å². The lowest BCUT2D eigenvalue weighted by Gasteiger charge is -2.28. The molecule has 0 aromatic heterocycles. The molecule has 0 aromatic carbocycles. The molecule has 0 radical (unpaired) electrons. The maximum Gasteiger partial charge on any atom is 0.0336 e. The van der Waals surface area contributed by atoms with Crippen molar-refractivity contribution in [3.8, 4) is 0 Å². The van der Waals surface area contributed by atoms with Crippen molar-refractivity contribution in [3.63, 3.8) is 0 Å². The summed E-state index contributed by atoms with van der Waals surface area (Å²) >= 11 is 2.02. The highest BCUT2D eigenvalue weighted by Gasteiger charge is 2.26. The van der Waals surface area contributed by atoms with Crippen molar-refractivity contribution in [2.24, 2.45) is 0 Å². The smallest absolute Gasteiger partial charge is 0.0336 e. The van der Waals surface area contributed by atoms with E-state index in [0.717, 1.165) is 6.04 Å². The van der Waals surface area contributed by atoms with Crippen LogP contribution in [0.2, 0.25) is 0 Å². The van der Waals surface area contributed by atoms with Gasteiger partial charge in [-0.2, -0.15) is 0 Å². The number of fused-ring (bicyclic) bond motifs is 1. The quantitative estimate of drug-likeness (QED) is 0.493. The lowest BCUT2D eigenvalue weighted by atomic mass is 10.2. The van der Waals surface area contributed by atoms with Crippen LogP contribution in [-0.4, -0.2) is 35.7 Å². The Hall–Kier alpha value is 0.270. The van der Waals surface area contributed by atoms with Gasteiger partial charge in [-0.3, -0.25) is 0 Å². The van der Waals surface area contributed by atoms with Crippen LogP contribution in [0.5, 0.6) is 0 Å². The molecule has 2 aliphatic rings. The number of piperazine rings is 1. The summed E-state index contributed by atoms with van der Waals surface area (Å²) in [6, 6.07) is 0.851. The minimum Gasteiger partial charge on any atom is -0.314 e. The average Bonchev–Trinajstić information content (AvgIpc) is 2.33. The normalized spacial score (nSPS) is 36.7. The van der Waals surface area contributed by atoms with E-state index in [2.05, 4.69) is 9.62 Å². The molecule has 2 saturated heterocycles. The number of hydrogen-bond acceptors (Lipinski definition) is 3.